The summed E-state index contributed by atoms with van der Waals surface area (Å²) >= 11 is 1.77. The molecule has 0 spiro atoms. The first kappa shape index (κ1) is 13.3. The van der Waals surface area contributed by atoms with Gasteiger partial charge in [-0.2, -0.15) is 0 Å². The van der Waals surface area contributed by atoms with Gasteiger partial charge in [-0.3, -0.25) is 4.99 Å². The average Bonchev–Trinajstić information content (AvgIpc) is 3.09. The van der Waals surface area contributed by atoms with Crippen LogP contribution in [0.1, 0.15) is 36.1 Å². The highest BCUT2D eigenvalue weighted by Crippen LogP contribution is 2.30. The Bertz CT molecular complexity index is 606. The third-order valence-corrected chi connectivity index (χ3v) is 4.34. The Hall–Kier alpha value is -1.68. The zero-order chi connectivity index (χ0) is 13.9. The van der Waals surface area contributed by atoms with Gasteiger partial charge in [0, 0.05) is 5.75 Å². The number of furan rings is 1. The molecule has 0 aliphatic carbocycles. The minimum absolute atomic E-state index is 0.143. The highest BCUT2D eigenvalue weighted by Gasteiger charge is 2.21. The molecule has 3 rings (SSSR count). The third kappa shape index (κ3) is 2.90. The van der Waals surface area contributed by atoms with Crippen LogP contribution in [0.3, 0.4) is 0 Å². The van der Waals surface area contributed by atoms with Crippen LogP contribution in [-0.2, 0) is 0 Å². The van der Waals surface area contributed by atoms with Gasteiger partial charge in [0.25, 0.3) is 0 Å². The maximum absolute atomic E-state index is 5.64. The third-order valence-electron chi connectivity index (χ3n) is 3.36. The van der Waals surface area contributed by atoms with Gasteiger partial charge in [-0.05, 0) is 31.5 Å². The fourth-order valence-corrected chi connectivity index (χ4v) is 3.29. The Labute approximate surface area is 123 Å². The molecule has 1 aromatic carbocycles. The molecule has 4 heteroatoms. The van der Waals surface area contributed by atoms with Crippen LogP contribution in [0.15, 0.2) is 51.9 Å². The van der Waals surface area contributed by atoms with Gasteiger partial charge in [-0.1, -0.05) is 42.1 Å². The summed E-state index contributed by atoms with van der Waals surface area (Å²) < 4.78 is 5.64. The Balaban J connectivity index is 1.67. The summed E-state index contributed by atoms with van der Waals surface area (Å²) in [4.78, 5) is 4.76. The van der Waals surface area contributed by atoms with E-state index in [1.54, 1.807) is 11.8 Å². The molecule has 1 aromatic heterocycles. The molecule has 3 nitrogen and oxygen atoms in total. The molecule has 1 aliphatic rings. The Morgan fingerprint density at radius 3 is 2.75 bits per heavy atom. The van der Waals surface area contributed by atoms with Crippen molar-refractivity contribution in [2.45, 2.75) is 25.9 Å². The second-order valence-electron chi connectivity index (χ2n) is 4.99. The number of rotatable bonds is 3. The van der Waals surface area contributed by atoms with Crippen molar-refractivity contribution in [2.75, 3.05) is 5.75 Å². The number of hydrogen-bond acceptors (Lipinski definition) is 4. The van der Waals surface area contributed by atoms with E-state index in [4.69, 9.17) is 9.41 Å². The van der Waals surface area contributed by atoms with E-state index in [-0.39, 0.29) is 12.1 Å². The Morgan fingerprint density at radius 2 is 2.05 bits per heavy atom. The minimum atomic E-state index is 0.143. The monoisotopic (exact) mass is 286 g/mol. The molecule has 2 unspecified atom stereocenters. The van der Waals surface area contributed by atoms with Crippen LogP contribution in [0, 0.1) is 6.92 Å². The number of amidine groups is 1. The summed E-state index contributed by atoms with van der Waals surface area (Å²) in [6.45, 7) is 4.06. The van der Waals surface area contributed by atoms with Crippen molar-refractivity contribution in [1.82, 2.24) is 5.32 Å². The largest absolute Gasteiger partial charge is 0.464 e. The fourth-order valence-electron chi connectivity index (χ4n) is 2.24. The molecular weight excluding hydrogens is 268 g/mol. The lowest BCUT2D eigenvalue weighted by molar-refractivity contribution is 0.444. The minimum Gasteiger partial charge on any atom is -0.464 e. The van der Waals surface area contributed by atoms with Crippen LogP contribution in [0.5, 0.6) is 0 Å². The van der Waals surface area contributed by atoms with E-state index >= 15 is 0 Å². The molecule has 0 saturated heterocycles. The van der Waals surface area contributed by atoms with Crippen molar-refractivity contribution in [1.29, 1.82) is 0 Å². The zero-order valence-electron chi connectivity index (χ0n) is 11.7. The molecular formula is C16H18N2OS. The van der Waals surface area contributed by atoms with E-state index in [2.05, 4.69) is 36.5 Å². The molecule has 0 bridgehead atoms. The van der Waals surface area contributed by atoms with Gasteiger partial charge >= 0.3 is 0 Å². The van der Waals surface area contributed by atoms with Crippen LogP contribution >= 0.6 is 11.8 Å². The predicted molar refractivity (Wildman–Crippen MR) is 84.1 cm³/mol. The predicted octanol–water partition coefficient (Wildman–Crippen LogP) is 4.08. The molecule has 2 aromatic rings. The second kappa shape index (κ2) is 5.75. The number of hydrogen-bond donors (Lipinski definition) is 1. The van der Waals surface area contributed by atoms with Gasteiger partial charge in [0.2, 0.25) is 0 Å². The Kier molecular flexibility index (Phi) is 3.83. The van der Waals surface area contributed by atoms with Crippen molar-refractivity contribution in [3.8, 4) is 0 Å². The maximum Gasteiger partial charge on any atom is 0.157 e. The van der Waals surface area contributed by atoms with Gasteiger partial charge in [0.15, 0.2) is 5.17 Å². The molecule has 2 heterocycles. The van der Waals surface area contributed by atoms with Crippen molar-refractivity contribution >= 4 is 16.9 Å². The molecule has 104 valence electrons. The summed E-state index contributed by atoms with van der Waals surface area (Å²) in [5.41, 5.74) is 1.28. The van der Waals surface area contributed by atoms with Crippen molar-refractivity contribution < 1.29 is 4.42 Å². The topological polar surface area (TPSA) is 37.5 Å². The maximum atomic E-state index is 5.64. The van der Waals surface area contributed by atoms with Crippen LogP contribution < -0.4 is 5.32 Å². The van der Waals surface area contributed by atoms with Crippen LogP contribution in [-0.4, -0.2) is 10.9 Å². The molecule has 0 radical (unpaired) electrons. The molecule has 20 heavy (non-hydrogen) atoms. The highest BCUT2D eigenvalue weighted by molar-refractivity contribution is 8.14. The molecule has 2 atom stereocenters. The lowest BCUT2D eigenvalue weighted by Crippen LogP contribution is -2.22. The van der Waals surface area contributed by atoms with E-state index < -0.39 is 0 Å². The number of nitrogens with one attached hydrogen (secondary N) is 1. The van der Waals surface area contributed by atoms with E-state index in [0.717, 1.165) is 22.4 Å². The smallest absolute Gasteiger partial charge is 0.157 e. The highest BCUT2D eigenvalue weighted by atomic mass is 32.2. The van der Waals surface area contributed by atoms with E-state index in [0.29, 0.717) is 0 Å². The summed E-state index contributed by atoms with van der Waals surface area (Å²) in [5.74, 6) is 2.89. The first-order valence-corrected chi connectivity index (χ1v) is 7.79. The number of nitrogens with zero attached hydrogens (tertiary/aromatic N) is 1. The van der Waals surface area contributed by atoms with E-state index in [1.807, 2.05) is 25.1 Å². The summed E-state index contributed by atoms with van der Waals surface area (Å²) in [6, 6.07) is 14.8. The van der Waals surface area contributed by atoms with Gasteiger partial charge in [-0.25, -0.2) is 0 Å². The van der Waals surface area contributed by atoms with Gasteiger partial charge in [0.05, 0.1) is 12.1 Å². The summed E-state index contributed by atoms with van der Waals surface area (Å²) in [7, 11) is 0. The zero-order valence-corrected chi connectivity index (χ0v) is 12.5. The molecule has 1 N–H and O–H groups in total. The molecule has 0 saturated carbocycles. The SMILES string of the molecule is Cc1ccc(C(C)NC2=NC(c3ccccc3)CS2)o1. The van der Waals surface area contributed by atoms with Gasteiger partial charge < -0.3 is 9.73 Å². The lowest BCUT2D eigenvalue weighted by atomic mass is 10.1. The number of aliphatic imine (C=N–C) groups is 1. The van der Waals surface area contributed by atoms with E-state index in [1.165, 1.54) is 5.56 Å². The first-order valence-electron chi connectivity index (χ1n) is 6.81. The second-order valence-corrected chi connectivity index (χ2v) is 5.99. The summed E-state index contributed by atoms with van der Waals surface area (Å²) in [5, 5.41) is 4.43. The number of benzene rings is 1. The van der Waals surface area contributed by atoms with Crippen molar-refractivity contribution in [2.24, 2.45) is 4.99 Å². The lowest BCUT2D eigenvalue weighted by Gasteiger charge is -2.11. The van der Waals surface area contributed by atoms with Gasteiger partial charge in [0.1, 0.15) is 11.5 Å². The van der Waals surface area contributed by atoms with Crippen molar-refractivity contribution in [3.63, 3.8) is 0 Å². The fraction of sp³-hybridized carbons (Fsp3) is 0.312. The number of thioether (sulfide) groups is 1. The van der Waals surface area contributed by atoms with Gasteiger partial charge in [-0.15, -0.1) is 0 Å². The van der Waals surface area contributed by atoms with E-state index in [9.17, 15) is 0 Å². The standard InChI is InChI=1S/C16H18N2OS/c1-11-8-9-15(19-11)12(2)17-16-18-14(10-20-16)13-6-4-3-5-7-13/h3-9,12,14H,10H2,1-2H3,(H,17,18). The van der Waals surface area contributed by atoms with Crippen LogP contribution in [0.25, 0.3) is 0 Å². The molecule has 0 amide bonds. The average molecular weight is 286 g/mol. The Morgan fingerprint density at radius 1 is 1.25 bits per heavy atom. The normalized spacial score (nSPS) is 19.7. The summed E-state index contributed by atoms with van der Waals surface area (Å²) in [6.07, 6.45) is 0. The number of aryl methyl sites for hydroxylation is 1. The molecule has 1 aliphatic heterocycles. The van der Waals surface area contributed by atoms with Crippen LogP contribution in [0.2, 0.25) is 0 Å². The van der Waals surface area contributed by atoms with Crippen LogP contribution in [0.4, 0.5) is 0 Å². The first-order chi connectivity index (χ1) is 9.72. The van der Waals surface area contributed by atoms with Crippen molar-refractivity contribution in [3.05, 3.63) is 59.5 Å². The molecule has 0 fully saturated rings. The quantitative estimate of drug-likeness (QED) is 0.923.